The van der Waals surface area contributed by atoms with Crippen LogP contribution >= 0.6 is 11.8 Å². The fraction of sp³-hybridized carbons (Fsp3) is 0.380. The average Bonchev–Trinajstić information content (AvgIpc) is 3.59. The first kappa shape index (κ1) is 51.8. The number of aliphatic imine (C=N–C) groups is 1. The third-order valence-electron chi connectivity index (χ3n) is 7.96. The molecule has 4 rings (SSSR count). The molecule has 3 aliphatic rings. The van der Waals surface area contributed by atoms with Crippen LogP contribution in [0.4, 0.5) is 0 Å². The maximum atomic E-state index is 4.69. The van der Waals surface area contributed by atoms with Gasteiger partial charge in [0.1, 0.15) is 0 Å². The van der Waals surface area contributed by atoms with E-state index in [0.29, 0.717) is 5.92 Å². The van der Waals surface area contributed by atoms with Crippen LogP contribution in [-0.4, -0.2) is 35.3 Å². The molecule has 1 unspecified atom stereocenters. The molecule has 0 fully saturated rings. The van der Waals surface area contributed by atoms with E-state index < -0.39 is 0 Å². The average molecular weight is 748 g/mol. The van der Waals surface area contributed by atoms with Gasteiger partial charge in [0.2, 0.25) is 0 Å². The monoisotopic (exact) mass is 748 g/mol. The van der Waals surface area contributed by atoms with E-state index in [1.54, 1.807) is 18.7 Å². The van der Waals surface area contributed by atoms with E-state index in [2.05, 4.69) is 160 Å². The van der Waals surface area contributed by atoms with Gasteiger partial charge < -0.3 is 4.90 Å². The molecule has 0 saturated carbocycles. The molecule has 1 aromatic carbocycles. The first-order valence-corrected chi connectivity index (χ1v) is 20.5. The molecule has 294 valence electrons. The quantitative estimate of drug-likeness (QED) is 0.121. The molecule has 2 aliphatic carbocycles. The summed E-state index contributed by atoms with van der Waals surface area (Å²) in [5.41, 5.74) is 9.24. The summed E-state index contributed by atoms with van der Waals surface area (Å²) in [5, 5.41) is 2.10. The van der Waals surface area contributed by atoms with Crippen LogP contribution in [0, 0.1) is 12.3 Å². The minimum Gasteiger partial charge on any atom is -0.337 e. The molecule has 3 nitrogen and oxygen atoms in total. The first-order valence-electron chi connectivity index (χ1n) is 19.6. The van der Waals surface area contributed by atoms with Gasteiger partial charge in [-0.3, -0.25) is 9.89 Å². The predicted octanol–water partition coefficient (Wildman–Crippen LogP) is 14.9. The number of rotatable bonds is 12. The third-order valence-corrected chi connectivity index (χ3v) is 8.88. The Hall–Kier alpha value is -4.30. The van der Waals surface area contributed by atoms with Crippen molar-refractivity contribution in [1.82, 2.24) is 9.80 Å². The van der Waals surface area contributed by atoms with Gasteiger partial charge in [-0.05, 0) is 101 Å². The van der Waals surface area contributed by atoms with Crippen molar-refractivity contribution in [3.05, 3.63) is 156 Å². The van der Waals surface area contributed by atoms with Gasteiger partial charge >= 0.3 is 0 Å². The maximum absolute atomic E-state index is 4.69. The second-order valence-corrected chi connectivity index (χ2v) is 12.8. The summed E-state index contributed by atoms with van der Waals surface area (Å²) in [6.07, 6.45) is 39.1. The molecule has 0 saturated heterocycles. The van der Waals surface area contributed by atoms with E-state index in [1.165, 1.54) is 33.6 Å². The number of likely N-dealkylation sites (N-methyl/N-ethyl adjacent to an activating group) is 1. The number of thioether (sulfide) groups is 1. The molecule has 4 heteroatoms. The number of hydrogen-bond donors (Lipinski definition) is 0. The summed E-state index contributed by atoms with van der Waals surface area (Å²) < 4.78 is 0. The SMILES string of the molecule is C#CC.C/C=C\C=C/CN(C)C(C)/N=C1/C=CC=CC1.C=C/C=C(\C=C/C)N1Cc2c(C(=C)S/C=C\C)ccc3c2C1=CC[C@H]3C.C=CCC.CC.CC. The highest BCUT2D eigenvalue weighted by Gasteiger charge is 2.33. The minimum atomic E-state index is 0.219. The molecule has 2 atom stereocenters. The zero-order valence-electron chi connectivity index (χ0n) is 36.0. The van der Waals surface area contributed by atoms with Crippen LogP contribution in [0.15, 0.2) is 139 Å². The summed E-state index contributed by atoms with van der Waals surface area (Å²) in [6, 6.07) is 4.58. The van der Waals surface area contributed by atoms with E-state index in [9.17, 15) is 0 Å². The Morgan fingerprint density at radius 3 is 2.30 bits per heavy atom. The van der Waals surface area contributed by atoms with Crippen molar-refractivity contribution in [3.8, 4) is 12.3 Å². The van der Waals surface area contributed by atoms with Gasteiger partial charge in [0.15, 0.2) is 0 Å². The Morgan fingerprint density at radius 2 is 1.76 bits per heavy atom. The smallest absolute Gasteiger partial charge is 0.0994 e. The number of terminal acetylenes is 1. The van der Waals surface area contributed by atoms with Crippen molar-refractivity contribution in [2.45, 2.75) is 114 Å². The Balaban J connectivity index is 0. The fourth-order valence-corrected chi connectivity index (χ4v) is 5.91. The molecule has 54 heavy (non-hydrogen) atoms. The lowest BCUT2D eigenvalue weighted by Crippen LogP contribution is -2.28. The van der Waals surface area contributed by atoms with E-state index >= 15 is 0 Å². The summed E-state index contributed by atoms with van der Waals surface area (Å²) in [7, 11) is 2.09. The van der Waals surface area contributed by atoms with Crippen LogP contribution in [-0.2, 0) is 6.54 Å². The minimum absolute atomic E-state index is 0.219. The van der Waals surface area contributed by atoms with E-state index in [-0.39, 0.29) is 6.17 Å². The van der Waals surface area contributed by atoms with Gasteiger partial charge in [-0.2, -0.15) is 0 Å². The lowest BCUT2D eigenvalue weighted by atomic mass is 9.84. The Morgan fingerprint density at radius 1 is 1.09 bits per heavy atom. The molecule has 0 N–H and O–H groups in total. The molecule has 0 amide bonds. The zero-order valence-corrected chi connectivity index (χ0v) is 36.8. The van der Waals surface area contributed by atoms with Gasteiger partial charge in [-0.15, -0.1) is 18.9 Å². The van der Waals surface area contributed by atoms with Gasteiger partial charge in [-0.25, -0.2) is 0 Å². The summed E-state index contributed by atoms with van der Waals surface area (Å²) in [4.78, 5) is 10.4. The van der Waals surface area contributed by atoms with Gasteiger partial charge in [0, 0.05) is 47.1 Å². The van der Waals surface area contributed by atoms with Crippen LogP contribution in [0.1, 0.15) is 124 Å². The number of benzene rings is 1. The van der Waals surface area contributed by atoms with E-state index in [4.69, 9.17) is 0 Å². The molecule has 1 heterocycles. The van der Waals surface area contributed by atoms with Crippen molar-refractivity contribution in [2.24, 2.45) is 4.99 Å². The normalized spacial score (nSPS) is 16.4. The standard InChI is InChI=1S/C24H27NS.C15H22N2.C4H8.C3H4.2C2H6/c1-6-9-19(10-7-2)25-16-22-21(18(5)26-15-8-3)13-12-20-17(4)11-14-23(25)24(20)22;1-4-5-6-10-13-17(3)14(2)16-15-11-8-7-9-12-15;1-3-4-2;1-3-2;2*1-2/h6-10,12-15,17H,1,5,11,16H2,2-4H3;4-11,14H,12-13H2,1-3H3;3H,1,4H2,2H3;1H,2H3;2*1-2H3/b10-7-,15-8-,19-9+;5-4-,10-6-,16-15-;;;;/t17-;;;;;/m1...../s1. The van der Waals surface area contributed by atoms with Crippen molar-refractivity contribution >= 4 is 28.1 Å². The highest BCUT2D eigenvalue weighted by molar-refractivity contribution is 8.10. The van der Waals surface area contributed by atoms with Crippen LogP contribution in [0.25, 0.3) is 10.6 Å². The number of nitrogens with zero attached hydrogens (tertiary/aromatic N) is 3. The van der Waals surface area contributed by atoms with Crippen LogP contribution in [0.3, 0.4) is 0 Å². The van der Waals surface area contributed by atoms with Gasteiger partial charge in [-0.1, -0.05) is 152 Å². The Labute approximate surface area is 337 Å². The predicted molar refractivity (Wildman–Crippen MR) is 252 cm³/mol. The van der Waals surface area contributed by atoms with Crippen molar-refractivity contribution < 1.29 is 0 Å². The van der Waals surface area contributed by atoms with Crippen LogP contribution in [0.5, 0.6) is 0 Å². The number of allylic oxidation sites excluding steroid dienone is 14. The molecular formula is C50H73N3S. The van der Waals surface area contributed by atoms with Crippen molar-refractivity contribution in [3.63, 3.8) is 0 Å². The molecule has 1 aromatic rings. The molecule has 0 bridgehead atoms. The summed E-state index contributed by atoms with van der Waals surface area (Å²) in [5.74, 6) is 2.81. The Kier molecular flexibility index (Phi) is 31.9. The topological polar surface area (TPSA) is 18.8 Å². The van der Waals surface area contributed by atoms with Crippen molar-refractivity contribution in [1.29, 1.82) is 0 Å². The largest absolute Gasteiger partial charge is 0.337 e. The van der Waals surface area contributed by atoms with Crippen LogP contribution in [0.2, 0.25) is 0 Å². The second kappa shape index (κ2) is 33.3. The number of hydrogen-bond acceptors (Lipinski definition) is 4. The van der Waals surface area contributed by atoms with E-state index in [1.807, 2.05) is 71.9 Å². The van der Waals surface area contributed by atoms with Crippen molar-refractivity contribution in [2.75, 3.05) is 13.6 Å². The first-order chi connectivity index (χ1) is 26.2. The van der Waals surface area contributed by atoms with E-state index in [0.717, 1.165) is 43.0 Å². The summed E-state index contributed by atoms with van der Waals surface area (Å²) >= 11 is 1.70. The molecule has 0 radical (unpaired) electrons. The highest BCUT2D eigenvalue weighted by Crippen LogP contribution is 2.48. The highest BCUT2D eigenvalue weighted by atomic mass is 32.2. The van der Waals surface area contributed by atoms with Crippen LogP contribution < -0.4 is 0 Å². The second-order valence-electron chi connectivity index (χ2n) is 11.8. The molecule has 0 spiro atoms. The Bertz CT molecular complexity index is 1560. The lowest BCUT2D eigenvalue weighted by molar-refractivity contribution is 0.293. The molecular weight excluding hydrogens is 675 g/mol. The molecule has 0 aromatic heterocycles. The zero-order chi connectivity index (χ0) is 41.3. The maximum Gasteiger partial charge on any atom is 0.0994 e. The van der Waals surface area contributed by atoms with Gasteiger partial charge in [0.25, 0.3) is 0 Å². The molecule has 1 aliphatic heterocycles. The lowest BCUT2D eigenvalue weighted by Gasteiger charge is -2.26. The van der Waals surface area contributed by atoms with Gasteiger partial charge in [0.05, 0.1) is 6.17 Å². The third kappa shape index (κ3) is 18.6. The fourth-order valence-electron chi connectivity index (χ4n) is 5.29. The summed E-state index contributed by atoms with van der Waals surface area (Å²) in [6.45, 7) is 35.8.